The summed E-state index contributed by atoms with van der Waals surface area (Å²) < 4.78 is 29.8. The maximum atomic E-state index is 12.4. The number of piperazine rings is 1. The van der Waals surface area contributed by atoms with E-state index in [9.17, 15) is 8.78 Å². The lowest BCUT2D eigenvalue weighted by atomic mass is 10.3. The summed E-state index contributed by atoms with van der Waals surface area (Å²) in [6, 6.07) is 8.81. The number of halogens is 2. The monoisotopic (exact) mass is 398 g/mol. The highest BCUT2D eigenvalue weighted by atomic mass is 32.2. The number of thiocarbonyl (C=S) groups is 1. The summed E-state index contributed by atoms with van der Waals surface area (Å²) in [6.07, 6.45) is 0. The van der Waals surface area contributed by atoms with Crippen molar-refractivity contribution >= 4 is 34.8 Å². The number of rotatable bonds is 5. The standard InChI is InChI=1S/C17H20F2N4OS2/c1-12-10-14(21-24-12)11-22-6-8-23(9-7-22)17(25)20-13-2-4-15(5-3-13)26-16(18)19/h2-5,10,16H,6-9,11H2,1H3,(H,20,25). The SMILES string of the molecule is Cc1cc(CN2CCN(C(=S)Nc3ccc(SC(F)F)cc3)CC2)no1. The van der Waals surface area contributed by atoms with Crippen LogP contribution in [0.25, 0.3) is 0 Å². The number of hydrogen-bond donors (Lipinski definition) is 1. The van der Waals surface area contributed by atoms with Crippen molar-refractivity contribution < 1.29 is 13.3 Å². The predicted octanol–water partition coefficient (Wildman–Crippen LogP) is 3.81. The van der Waals surface area contributed by atoms with Crippen molar-refractivity contribution in [3.05, 3.63) is 41.8 Å². The Bertz CT molecular complexity index is 731. The third-order valence-corrected chi connectivity index (χ3v) is 5.14. The molecule has 0 radical (unpaired) electrons. The molecule has 9 heteroatoms. The van der Waals surface area contributed by atoms with Gasteiger partial charge in [-0.05, 0) is 43.4 Å². The number of aryl methyl sites for hydroxylation is 1. The Morgan fingerprint density at radius 1 is 1.27 bits per heavy atom. The van der Waals surface area contributed by atoms with Gasteiger partial charge >= 0.3 is 0 Å². The molecule has 3 rings (SSSR count). The summed E-state index contributed by atoms with van der Waals surface area (Å²) in [5, 5.41) is 7.85. The third kappa shape index (κ3) is 5.39. The van der Waals surface area contributed by atoms with Crippen LogP contribution < -0.4 is 5.32 Å². The number of thioether (sulfide) groups is 1. The molecule has 5 nitrogen and oxygen atoms in total. The molecule has 0 unspecified atom stereocenters. The zero-order valence-electron chi connectivity index (χ0n) is 14.3. The molecule has 0 amide bonds. The molecule has 1 saturated heterocycles. The fourth-order valence-electron chi connectivity index (χ4n) is 2.75. The second-order valence-electron chi connectivity index (χ2n) is 6.03. The molecule has 1 aliphatic heterocycles. The number of hydrogen-bond acceptors (Lipinski definition) is 5. The van der Waals surface area contributed by atoms with Gasteiger partial charge in [-0.3, -0.25) is 4.90 Å². The number of alkyl halides is 2. The summed E-state index contributed by atoms with van der Waals surface area (Å²) in [6.45, 7) is 6.07. The van der Waals surface area contributed by atoms with E-state index in [1.54, 1.807) is 24.3 Å². The minimum Gasteiger partial charge on any atom is -0.361 e. The molecule has 0 saturated carbocycles. The van der Waals surface area contributed by atoms with Crippen LogP contribution in [0.4, 0.5) is 14.5 Å². The van der Waals surface area contributed by atoms with Gasteiger partial charge in [0.1, 0.15) is 5.76 Å². The number of benzene rings is 1. The minimum absolute atomic E-state index is 0.535. The lowest BCUT2D eigenvalue weighted by Gasteiger charge is -2.35. The summed E-state index contributed by atoms with van der Waals surface area (Å²) in [5.41, 5.74) is 1.74. The van der Waals surface area contributed by atoms with Gasteiger partial charge in [0.05, 0.1) is 5.69 Å². The molecule has 26 heavy (non-hydrogen) atoms. The van der Waals surface area contributed by atoms with Crippen LogP contribution in [-0.4, -0.2) is 52.0 Å². The van der Waals surface area contributed by atoms with Crippen molar-refractivity contribution in [2.24, 2.45) is 0 Å². The highest BCUT2D eigenvalue weighted by Gasteiger charge is 2.20. The minimum atomic E-state index is -2.41. The van der Waals surface area contributed by atoms with Gasteiger partial charge in [-0.15, -0.1) is 0 Å². The summed E-state index contributed by atoms with van der Waals surface area (Å²) in [7, 11) is 0. The van der Waals surface area contributed by atoms with E-state index in [2.05, 4.69) is 20.3 Å². The van der Waals surface area contributed by atoms with Crippen LogP contribution in [0.3, 0.4) is 0 Å². The Balaban J connectivity index is 1.46. The maximum Gasteiger partial charge on any atom is 0.288 e. The molecule has 0 atom stereocenters. The fraction of sp³-hybridized carbons (Fsp3) is 0.412. The molecule has 1 aromatic carbocycles. The van der Waals surface area contributed by atoms with Crippen molar-refractivity contribution in [2.45, 2.75) is 24.1 Å². The Kier molecular flexibility index (Phi) is 6.44. The molecule has 2 heterocycles. The van der Waals surface area contributed by atoms with E-state index in [0.29, 0.717) is 21.8 Å². The molecule has 140 valence electrons. The molecule has 1 aromatic heterocycles. The zero-order valence-corrected chi connectivity index (χ0v) is 16.0. The summed E-state index contributed by atoms with van der Waals surface area (Å²) in [5.74, 6) is -1.59. The van der Waals surface area contributed by atoms with E-state index in [-0.39, 0.29) is 0 Å². The van der Waals surface area contributed by atoms with E-state index < -0.39 is 5.76 Å². The van der Waals surface area contributed by atoms with Crippen molar-refractivity contribution in [3.8, 4) is 0 Å². The van der Waals surface area contributed by atoms with E-state index in [0.717, 1.165) is 49.9 Å². The predicted molar refractivity (Wildman–Crippen MR) is 103 cm³/mol. The first-order chi connectivity index (χ1) is 12.5. The molecule has 1 fully saturated rings. The Labute approximate surface area is 160 Å². The van der Waals surface area contributed by atoms with Crippen LogP contribution in [0.1, 0.15) is 11.5 Å². The Hall–Kier alpha value is -1.71. The molecule has 0 aliphatic carbocycles. The highest BCUT2D eigenvalue weighted by molar-refractivity contribution is 7.99. The molecular weight excluding hydrogens is 378 g/mol. The van der Waals surface area contributed by atoms with Crippen LogP contribution in [-0.2, 0) is 6.54 Å². The fourth-order valence-corrected chi connectivity index (χ4v) is 3.55. The average Bonchev–Trinajstić information content (AvgIpc) is 3.01. The first-order valence-corrected chi connectivity index (χ1v) is 9.54. The van der Waals surface area contributed by atoms with E-state index in [1.165, 1.54) is 0 Å². The summed E-state index contributed by atoms with van der Waals surface area (Å²) in [4.78, 5) is 4.96. The van der Waals surface area contributed by atoms with Gasteiger partial charge in [-0.2, -0.15) is 8.78 Å². The van der Waals surface area contributed by atoms with Crippen LogP contribution in [0.15, 0.2) is 39.8 Å². The van der Waals surface area contributed by atoms with Gasteiger partial charge in [0.25, 0.3) is 5.76 Å². The van der Waals surface area contributed by atoms with Crippen LogP contribution in [0, 0.1) is 6.92 Å². The molecule has 0 bridgehead atoms. The molecule has 2 aromatic rings. The second kappa shape index (κ2) is 8.79. The van der Waals surface area contributed by atoms with Crippen molar-refractivity contribution in [3.63, 3.8) is 0 Å². The quantitative estimate of drug-likeness (QED) is 0.607. The van der Waals surface area contributed by atoms with E-state index in [1.807, 2.05) is 13.0 Å². The smallest absolute Gasteiger partial charge is 0.288 e. The molecule has 1 N–H and O–H groups in total. The first-order valence-electron chi connectivity index (χ1n) is 8.25. The van der Waals surface area contributed by atoms with E-state index in [4.69, 9.17) is 16.7 Å². The van der Waals surface area contributed by atoms with Gasteiger partial charge < -0.3 is 14.7 Å². The molecule has 0 spiro atoms. The number of nitrogens with zero attached hydrogens (tertiary/aromatic N) is 3. The Morgan fingerprint density at radius 2 is 1.96 bits per heavy atom. The maximum absolute atomic E-state index is 12.4. The average molecular weight is 399 g/mol. The Morgan fingerprint density at radius 3 is 2.54 bits per heavy atom. The second-order valence-corrected chi connectivity index (χ2v) is 7.48. The van der Waals surface area contributed by atoms with Crippen molar-refractivity contribution in [2.75, 3.05) is 31.5 Å². The van der Waals surface area contributed by atoms with Crippen LogP contribution in [0.2, 0.25) is 0 Å². The van der Waals surface area contributed by atoms with Crippen molar-refractivity contribution in [1.29, 1.82) is 0 Å². The van der Waals surface area contributed by atoms with Gasteiger partial charge in [0.2, 0.25) is 0 Å². The van der Waals surface area contributed by atoms with Crippen LogP contribution >= 0.6 is 24.0 Å². The highest BCUT2D eigenvalue weighted by Crippen LogP contribution is 2.26. The third-order valence-electron chi connectivity index (χ3n) is 4.05. The lowest BCUT2D eigenvalue weighted by Crippen LogP contribution is -2.49. The topological polar surface area (TPSA) is 44.5 Å². The lowest BCUT2D eigenvalue weighted by molar-refractivity contribution is 0.173. The van der Waals surface area contributed by atoms with Crippen molar-refractivity contribution in [1.82, 2.24) is 15.0 Å². The number of anilines is 1. The number of aromatic nitrogens is 1. The largest absolute Gasteiger partial charge is 0.361 e. The van der Waals surface area contributed by atoms with Crippen LogP contribution in [0.5, 0.6) is 0 Å². The van der Waals surface area contributed by atoms with Gasteiger partial charge in [0.15, 0.2) is 5.11 Å². The van der Waals surface area contributed by atoms with Gasteiger partial charge in [-0.25, -0.2) is 0 Å². The molecular formula is C17H20F2N4OS2. The number of nitrogens with one attached hydrogen (secondary N) is 1. The first kappa shape index (κ1) is 19.1. The van der Waals surface area contributed by atoms with E-state index >= 15 is 0 Å². The van der Waals surface area contributed by atoms with Gasteiger partial charge in [0, 0.05) is 49.4 Å². The normalized spacial score (nSPS) is 15.5. The van der Waals surface area contributed by atoms with Gasteiger partial charge in [-0.1, -0.05) is 16.9 Å². The summed E-state index contributed by atoms with van der Waals surface area (Å²) >= 11 is 6.01. The molecule has 1 aliphatic rings. The zero-order chi connectivity index (χ0) is 18.5.